The van der Waals surface area contributed by atoms with Crippen LogP contribution in [0.4, 0.5) is 11.4 Å². The number of hydrogen-bond acceptors (Lipinski definition) is 6. The Hall–Kier alpha value is -3.57. The number of rotatable bonds is 8. The zero-order valence-corrected chi connectivity index (χ0v) is 15.7. The maximum absolute atomic E-state index is 12.3. The number of methoxy groups -OCH3 is 1. The van der Waals surface area contributed by atoms with Crippen molar-refractivity contribution < 1.29 is 14.5 Å². The third kappa shape index (κ3) is 5.72. The zero-order valence-electron chi connectivity index (χ0n) is 14.9. The normalized spacial score (nSPS) is 10.7. The van der Waals surface area contributed by atoms with E-state index in [1.807, 2.05) is 24.3 Å². The molecule has 8 nitrogen and oxygen atoms in total. The molecule has 0 aliphatic heterocycles. The van der Waals surface area contributed by atoms with Crippen molar-refractivity contribution in [3.63, 3.8) is 0 Å². The van der Waals surface area contributed by atoms with Gasteiger partial charge in [0.25, 0.3) is 11.6 Å². The molecular formula is C19H17ClN4O4. The summed E-state index contributed by atoms with van der Waals surface area (Å²) in [6, 6.07) is 13.0. The first kappa shape index (κ1) is 20.7. The summed E-state index contributed by atoms with van der Waals surface area (Å²) < 4.78 is 5.06. The fourth-order valence-electron chi connectivity index (χ4n) is 2.32. The Balaban J connectivity index is 2.00. The lowest BCUT2D eigenvalue weighted by Gasteiger charge is -2.09. The van der Waals surface area contributed by atoms with E-state index in [0.717, 1.165) is 5.56 Å². The highest BCUT2D eigenvalue weighted by Crippen LogP contribution is 2.29. The van der Waals surface area contributed by atoms with Crippen LogP contribution in [0.3, 0.4) is 0 Å². The predicted molar refractivity (Wildman–Crippen MR) is 105 cm³/mol. The van der Waals surface area contributed by atoms with Crippen molar-refractivity contribution in [1.82, 2.24) is 5.32 Å². The Labute approximate surface area is 166 Å². The molecule has 2 N–H and O–H groups in total. The quantitative estimate of drug-likeness (QED) is 0.230. The summed E-state index contributed by atoms with van der Waals surface area (Å²) in [6.07, 6.45) is 1.98. The second kappa shape index (κ2) is 9.94. The molecule has 0 bridgehead atoms. The molecule has 0 aromatic heterocycles. The van der Waals surface area contributed by atoms with E-state index >= 15 is 0 Å². The zero-order chi connectivity index (χ0) is 20.5. The van der Waals surface area contributed by atoms with Crippen LogP contribution in [0, 0.1) is 21.4 Å². The number of amides is 1. The SMILES string of the molecule is COc1cc([N+](=O)[O-])ccc1NC(=O)/C(C#N)=C\NCCc1cccc(Cl)c1. The third-order valence-corrected chi connectivity index (χ3v) is 3.94. The number of ether oxygens (including phenoxy) is 1. The number of halogens is 1. The lowest BCUT2D eigenvalue weighted by Crippen LogP contribution is -2.18. The molecule has 0 aliphatic rings. The van der Waals surface area contributed by atoms with Gasteiger partial charge in [-0.2, -0.15) is 5.26 Å². The van der Waals surface area contributed by atoms with E-state index in [2.05, 4.69) is 10.6 Å². The van der Waals surface area contributed by atoms with Crippen LogP contribution in [0.1, 0.15) is 5.56 Å². The van der Waals surface area contributed by atoms with Crippen LogP contribution in [0.2, 0.25) is 5.02 Å². The number of nitro groups is 1. The van der Waals surface area contributed by atoms with E-state index in [0.29, 0.717) is 18.0 Å². The predicted octanol–water partition coefficient (Wildman–Crippen LogP) is 3.44. The number of benzene rings is 2. The van der Waals surface area contributed by atoms with E-state index in [4.69, 9.17) is 16.3 Å². The number of nitro benzene ring substituents is 1. The molecule has 0 aliphatic carbocycles. The van der Waals surface area contributed by atoms with Crippen molar-refractivity contribution in [2.75, 3.05) is 19.0 Å². The minimum absolute atomic E-state index is 0.119. The van der Waals surface area contributed by atoms with Crippen molar-refractivity contribution >= 4 is 28.9 Å². The summed E-state index contributed by atoms with van der Waals surface area (Å²) in [6.45, 7) is 0.500. The fourth-order valence-corrected chi connectivity index (χ4v) is 2.53. The first-order chi connectivity index (χ1) is 13.4. The van der Waals surface area contributed by atoms with E-state index in [1.54, 1.807) is 6.07 Å². The maximum Gasteiger partial charge on any atom is 0.273 e. The molecule has 0 saturated heterocycles. The molecule has 0 atom stereocenters. The Kier molecular flexibility index (Phi) is 7.37. The second-order valence-electron chi connectivity index (χ2n) is 5.60. The molecule has 1 amide bonds. The van der Waals surface area contributed by atoms with Gasteiger partial charge in [-0.3, -0.25) is 14.9 Å². The van der Waals surface area contributed by atoms with Crippen molar-refractivity contribution in [3.8, 4) is 11.8 Å². The molecule has 0 spiro atoms. The van der Waals surface area contributed by atoms with Crippen molar-refractivity contribution in [1.29, 1.82) is 5.26 Å². The van der Waals surface area contributed by atoms with Gasteiger partial charge in [-0.25, -0.2) is 0 Å². The first-order valence-electron chi connectivity index (χ1n) is 8.16. The highest BCUT2D eigenvalue weighted by atomic mass is 35.5. The summed E-state index contributed by atoms with van der Waals surface area (Å²) in [4.78, 5) is 22.5. The summed E-state index contributed by atoms with van der Waals surface area (Å²) in [5.74, 6) is -0.543. The molecule has 9 heteroatoms. The average Bonchev–Trinajstić information content (AvgIpc) is 2.68. The number of hydrogen-bond donors (Lipinski definition) is 2. The van der Waals surface area contributed by atoms with E-state index in [-0.39, 0.29) is 22.7 Å². The summed E-state index contributed by atoms with van der Waals surface area (Å²) >= 11 is 5.93. The molecule has 0 radical (unpaired) electrons. The topological polar surface area (TPSA) is 117 Å². The number of nitriles is 1. The van der Waals surface area contributed by atoms with Crippen molar-refractivity contribution in [2.24, 2.45) is 0 Å². The summed E-state index contributed by atoms with van der Waals surface area (Å²) in [5.41, 5.74) is 0.922. The van der Waals surface area contributed by atoms with Gasteiger partial charge >= 0.3 is 0 Å². The maximum atomic E-state index is 12.3. The third-order valence-electron chi connectivity index (χ3n) is 3.70. The number of carbonyl (C=O) groups is 1. The van der Waals surface area contributed by atoms with Crippen molar-refractivity contribution in [3.05, 3.63) is 74.9 Å². The molecule has 28 heavy (non-hydrogen) atoms. The van der Waals surface area contributed by atoms with E-state index < -0.39 is 10.8 Å². The highest BCUT2D eigenvalue weighted by molar-refractivity contribution is 6.30. The van der Waals surface area contributed by atoms with Gasteiger partial charge in [-0.15, -0.1) is 0 Å². The lowest BCUT2D eigenvalue weighted by molar-refractivity contribution is -0.384. The lowest BCUT2D eigenvalue weighted by atomic mass is 10.1. The molecule has 0 saturated carbocycles. The number of carbonyl (C=O) groups excluding carboxylic acids is 1. The largest absolute Gasteiger partial charge is 0.494 e. The van der Waals surface area contributed by atoms with Crippen LogP contribution in [0.15, 0.2) is 54.2 Å². The highest BCUT2D eigenvalue weighted by Gasteiger charge is 2.15. The molecule has 0 heterocycles. The molecule has 144 valence electrons. The first-order valence-corrected chi connectivity index (χ1v) is 8.54. The second-order valence-corrected chi connectivity index (χ2v) is 6.04. The minimum Gasteiger partial charge on any atom is -0.494 e. The molecule has 2 rings (SSSR count). The standard InChI is InChI=1S/C19H17ClN4O4/c1-28-18-10-16(24(26)27)5-6-17(18)23-19(25)14(11-21)12-22-8-7-13-3-2-4-15(20)9-13/h2-6,9-10,12,22H,7-8H2,1H3,(H,23,25)/b14-12-. The van der Waals surface area contributed by atoms with Gasteiger partial charge in [0.2, 0.25) is 0 Å². The average molecular weight is 401 g/mol. The number of non-ortho nitro benzene ring substituents is 1. The van der Waals surface area contributed by atoms with Gasteiger partial charge in [0.05, 0.1) is 23.8 Å². The molecule has 2 aromatic rings. The summed E-state index contributed by atoms with van der Waals surface area (Å²) in [5, 5.41) is 26.1. The van der Waals surface area contributed by atoms with Gasteiger partial charge in [0.1, 0.15) is 17.4 Å². The van der Waals surface area contributed by atoms with Crippen LogP contribution in [0.25, 0.3) is 0 Å². The Morgan fingerprint density at radius 1 is 1.36 bits per heavy atom. The Morgan fingerprint density at radius 3 is 2.79 bits per heavy atom. The number of nitrogens with zero attached hydrogens (tertiary/aromatic N) is 2. The smallest absolute Gasteiger partial charge is 0.273 e. The van der Waals surface area contributed by atoms with Crippen LogP contribution < -0.4 is 15.4 Å². The number of anilines is 1. The summed E-state index contributed by atoms with van der Waals surface area (Å²) in [7, 11) is 1.33. The Bertz CT molecular complexity index is 953. The van der Waals surface area contributed by atoms with Gasteiger partial charge in [0, 0.05) is 23.8 Å². The molecule has 0 unspecified atom stereocenters. The van der Waals surface area contributed by atoms with Crippen LogP contribution in [0.5, 0.6) is 5.75 Å². The van der Waals surface area contributed by atoms with Gasteiger partial charge in [-0.1, -0.05) is 23.7 Å². The molecule has 0 fully saturated rings. The monoisotopic (exact) mass is 400 g/mol. The van der Waals surface area contributed by atoms with E-state index in [9.17, 15) is 20.2 Å². The van der Waals surface area contributed by atoms with Gasteiger partial charge in [0.15, 0.2) is 0 Å². The molecule has 2 aromatic carbocycles. The van der Waals surface area contributed by atoms with Crippen LogP contribution >= 0.6 is 11.6 Å². The van der Waals surface area contributed by atoms with Crippen molar-refractivity contribution in [2.45, 2.75) is 6.42 Å². The van der Waals surface area contributed by atoms with Crippen LogP contribution in [-0.2, 0) is 11.2 Å². The molecular weight excluding hydrogens is 384 g/mol. The van der Waals surface area contributed by atoms with E-state index in [1.165, 1.54) is 31.5 Å². The van der Waals surface area contributed by atoms with Gasteiger partial charge < -0.3 is 15.4 Å². The van der Waals surface area contributed by atoms with Gasteiger partial charge in [-0.05, 0) is 30.2 Å². The fraction of sp³-hybridized carbons (Fsp3) is 0.158. The van der Waals surface area contributed by atoms with Crippen LogP contribution in [-0.4, -0.2) is 24.5 Å². The minimum atomic E-state index is -0.662. The Morgan fingerprint density at radius 2 is 2.14 bits per heavy atom. The number of nitrogens with one attached hydrogen (secondary N) is 2.